The van der Waals surface area contributed by atoms with Gasteiger partial charge in [0, 0.05) is 26.2 Å². The second-order valence-electron chi connectivity index (χ2n) is 5.47. The van der Waals surface area contributed by atoms with Crippen LogP contribution in [-0.2, 0) is 0 Å². The number of aromatic hydroxyl groups is 1. The van der Waals surface area contributed by atoms with E-state index < -0.39 is 5.54 Å². The molecule has 1 N–H and O–H groups in total. The quantitative estimate of drug-likeness (QED) is 0.885. The Morgan fingerprint density at radius 3 is 2.40 bits per heavy atom. The van der Waals surface area contributed by atoms with E-state index in [-0.39, 0.29) is 11.7 Å². The standard InChI is InChI=1S/C15H19N3O2/c1-15(2,11-16)18-9-7-17(8-10-18)14(20)12-5-3-4-6-13(12)19/h3-6,19H,7-10H2,1-2H3. The highest BCUT2D eigenvalue weighted by atomic mass is 16.3. The summed E-state index contributed by atoms with van der Waals surface area (Å²) >= 11 is 0. The van der Waals surface area contributed by atoms with Gasteiger partial charge in [0.2, 0.25) is 0 Å². The molecule has 106 valence electrons. The van der Waals surface area contributed by atoms with Crippen LogP contribution in [-0.4, -0.2) is 52.5 Å². The van der Waals surface area contributed by atoms with Crippen LogP contribution in [0.2, 0.25) is 0 Å². The number of carbonyl (C=O) groups excluding carboxylic acids is 1. The summed E-state index contributed by atoms with van der Waals surface area (Å²) in [6.45, 7) is 6.23. The summed E-state index contributed by atoms with van der Waals surface area (Å²) in [5, 5.41) is 18.9. The number of benzene rings is 1. The van der Waals surface area contributed by atoms with Crippen molar-refractivity contribution >= 4 is 5.91 Å². The SMILES string of the molecule is CC(C)(C#N)N1CCN(C(=O)c2ccccc2O)CC1. The Bertz CT molecular complexity index is 540. The average Bonchev–Trinajstić information content (AvgIpc) is 2.47. The van der Waals surface area contributed by atoms with Crippen molar-refractivity contribution in [1.82, 2.24) is 9.80 Å². The van der Waals surface area contributed by atoms with Crippen LogP contribution >= 0.6 is 0 Å². The predicted molar refractivity (Wildman–Crippen MR) is 75.3 cm³/mol. The maximum absolute atomic E-state index is 12.3. The normalized spacial score (nSPS) is 16.8. The molecular formula is C15H19N3O2. The van der Waals surface area contributed by atoms with Crippen LogP contribution in [0.5, 0.6) is 5.75 Å². The van der Waals surface area contributed by atoms with Gasteiger partial charge in [-0.2, -0.15) is 5.26 Å². The summed E-state index contributed by atoms with van der Waals surface area (Å²) in [5.41, 5.74) is -0.176. The average molecular weight is 273 g/mol. The number of carbonyl (C=O) groups is 1. The fourth-order valence-electron chi connectivity index (χ4n) is 2.36. The smallest absolute Gasteiger partial charge is 0.257 e. The van der Waals surface area contributed by atoms with Crippen LogP contribution in [0.3, 0.4) is 0 Å². The molecule has 0 aliphatic carbocycles. The second kappa shape index (κ2) is 5.51. The van der Waals surface area contributed by atoms with Gasteiger partial charge in [-0.3, -0.25) is 9.69 Å². The predicted octanol–water partition coefficient (Wildman–Crippen LogP) is 1.45. The first-order chi connectivity index (χ1) is 9.45. The van der Waals surface area contributed by atoms with E-state index in [4.69, 9.17) is 5.26 Å². The number of nitrogens with zero attached hydrogens (tertiary/aromatic N) is 3. The molecule has 2 rings (SSSR count). The maximum Gasteiger partial charge on any atom is 0.257 e. The number of phenols is 1. The highest BCUT2D eigenvalue weighted by molar-refractivity contribution is 5.96. The zero-order valence-electron chi connectivity index (χ0n) is 11.8. The Hall–Kier alpha value is -2.06. The van der Waals surface area contributed by atoms with Crippen LogP contribution in [0, 0.1) is 11.3 Å². The van der Waals surface area contributed by atoms with E-state index >= 15 is 0 Å². The summed E-state index contributed by atoms with van der Waals surface area (Å²) in [6.07, 6.45) is 0. The minimum Gasteiger partial charge on any atom is -0.507 e. The van der Waals surface area contributed by atoms with Gasteiger partial charge in [-0.15, -0.1) is 0 Å². The van der Waals surface area contributed by atoms with Crippen LogP contribution in [0.4, 0.5) is 0 Å². The van der Waals surface area contributed by atoms with Gasteiger partial charge in [-0.05, 0) is 26.0 Å². The van der Waals surface area contributed by atoms with Gasteiger partial charge in [-0.1, -0.05) is 12.1 Å². The Labute approximate surface area is 119 Å². The lowest BCUT2D eigenvalue weighted by Crippen LogP contribution is -2.55. The Kier molecular flexibility index (Phi) is 3.96. The number of hydrogen-bond acceptors (Lipinski definition) is 4. The number of hydrogen-bond donors (Lipinski definition) is 1. The van der Waals surface area contributed by atoms with E-state index in [1.165, 1.54) is 6.07 Å². The monoisotopic (exact) mass is 273 g/mol. The van der Waals surface area contributed by atoms with E-state index in [2.05, 4.69) is 11.0 Å². The van der Waals surface area contributed by atoms with Gasteiger partial charge in [0.1, 0.15) is 11.3 Å². The van der Waals surface area contributed by atoms with E-state index in [0.717, 1.165) is 0 Å². The number of nitriles is 1. The minimum absolute atomic E-state index is 0.0114. The fourth-order valence-corrected chi connectivity index (χ4v) is 2.36. The van der Waals surface area contributed by atoms with Crippen LogP contribution < -0.4 is 0 Å². The van der Waals surface area contributed by atoms with Crippen molar-refractivity contribution in [3.63, 3.8) is 0 Å². The lowest BCUT2D eigenvalue weighted by molar-refractivity contribution is 0.0518. The summed E-state index contributed by atoms with van der Waals surface area (Å²) in [6, 6.07) is 8.85. The van der Waals surface area contributed by atoms with Crippen molar-refractivity contribution in [3.8, 4) is 11.8 Å². The van der Waals surface area contributed by atoms with Crippen molar-refractivity contribution in [3.05, 3.63) is 29.8 Å². The van der Waals surface area contributed by atoms with Gasteiger partial charge in [0.05, 0.1) is 11.6 Å². The van der Waals surface area contributed by atoms with E-state index in [1.54, 1.807) is 23.1 Å². The summed E-state index contributed by atoms with van der Waals surface area (Å²) in [5.74, 6) is -0.144. The Morgan fingerprint density at radius 2 is 1.85 bits per heavy atom. The number of rotatable bonds is 2. The number of amides is 1. The molecule has 1 aromatic rings. The molecule has 1 aromatic carbocycles. The first kappa shape index (κ1) is 14.4. The zero-order valence-corrected chi connectivity index (χ0v) is 11.8. The van der Waals surface area contributed by atoms with Gasteiger partial charge in [-0.25, -0.2) is 0 Å². The number of phenolic OH excluding ortho intramolecular Hbond substituents is 1. The molecule has 0 unspecified atom stereocenters. The molecule has 1 aliphatic rings. The molecule has 1 aliphatic heterocycles. The van der Waals surface area contributed by atoms with Crippen LogP contribution in [0.25, 0.3) is 0 Å². The molecule has 0 atom stereocenters. The molecule has 1 saturated heterocycles. The van der Waals surface area contributed by atoms with Crippen molar-refractivity contribution < 1.29 is 9.90 Å². The van der Waals surface area contributed by atoms with E-state index in [1.807, 2.05) is 13.8 Å². The molecule has 0 radical (unpaired) electrons. The highest BCUT2D eigenvalue weighted by Gasteiger charge is 2.31. The first-order valence-electron chi connectivity index (χ1n) is 6.69. The van der Waals surface area contributed by atoms with Gasteiger partial charge in [0.15, 0.2) is 0 Å². The van der Waals surface area contributed by atoms with Crippen molar-refractivity contribution in [2.45, 2.75) is 19.4 Å². The van der Waals surface area contributed by atoms with Crippen LogP contribution in [0.1, 0.15) is 24.2 Å². The minimum atomic E-state index is -0.510. The molecule has 1 amide bonds. The van der Waals surface area contributed by atoms with Gasteiger partial charge in [0.25, 0.3) is 5.91 Å². The molecule has 20 heavy (non-hydrogen) atoms. The third-order valence-corrected chi connectivity index (χ3v) is 3.77. The van der Waals surface area contributed by atoms with Crippen molar-refractivity contribution in [2.75, 3.05) is 26.2 Å². The topological polar surface area (TPSA) is 67.6 Å². The second-order valence-corrected chi connectivity index (χ2v) is 5.47. The molecule has 1 fully saturated rings. The molecule has 1 heterocycles. The molecule has 0 aromatic heterocycles. The molecule has 5 nitrogen and oxygen atoms in total. The highest BCUT2D eigenvalue weighted by Crippen LogP contribution is 2.21. The van der Waals surface area contributed by atoms with Crippen LogP contribution in [0.15, 0.2) is 24.3 Å². The zero-order chi connectivity index (χ0) is 14.8. The lowest BCUT2D eigenvalue weighted by atomic mass is 10.0. The Balaban J connectivity index is 2.03. The van der Waals surface area contributed by atoms with E-state index in [0.29, 0.717) is 31.7 Å². The van der Waals surface area contributed by atoms with Crippen molar-refractivity contribution in [2.24, 2.45) is 0 Å². The fraction of sp³-hybridized carbons (Fsp3) is 0.467. The molecular weight excluding hydrogens is 254 g/mol. The molecule has 0 saturated carbocycles. The van der Waals surface area contributed by atoms with Gasteiger partial charge < -0.3 is 10.0 Å². The summed E-state index contributed by atoms with van der Waals surface area (Å²) in [4.78, 5) is 16.1. The van der Waals surface area contributed by atoms with E-state index in [9.17, 15) is 9.90 Å². The third-order valence-electron chi connectivity index (χ3n) is 3.77. The van der Waals surface area contributed by atoms with Crippen molar-refractivity contribution in [1.29, 1.82) is 5.26 Å². The number of piperazine rings is 1. The molecule has 5 heteroatoms. The molecule has 0 bridgehead atoms. The lowest BCUT2D eigenvalue weighted by Gasteiger charge is -2.40. The first-order valence-corrected chi connectivity index (χ1v) is 6.69. The van der Waals surface area contributed by atoms with Gasteiger partial charge >= 0.3 is 0 Å². The third kappa shape index (κ3) is 2.75. The summed E-state index contributed by atoms with van der Waals surface area (Å²) < 4.78 is 0. The summed E-state index contributed by atoms with van der Waals surface area (Å²) in [7, 11) is 0. The Morgan fingerprint density at radius 1 is 1.25 bits per heavy atom. The largest absolute Gasteiger partial charge is 0.507 e. The molecule has 0 spiro atoms. The maximum atomic E-state index is 12.3. The number of para-hydroxylation sites is 1.